The van der Waals surface area contributed by atoms with Crippen molar-refractivity contribution in [3.05, 3.63) is 0 Å². The predicted octanol–water partition coefficient (Wildman–Crippen LogP) is 1.03. The third kappa shape index (κ3) is 3.35. The number of ether oxygens (including phenoxy) is 1. The molecule has 0 spiro atoms. The van der Waals surface area contributed by atoms with Crippen LogP contribution in [0.4, 0.5) is 0 Å². The van der Waals surface area contributed by atoms with Crippen molar-refractivity contribution in [2.75, 3.05) is 20.8 Å². The quantitative estimate of drug-likeness (QED) is 0.663. The molecule has 1 amide bonds. The largest absolute Gasteiger partial charge is 0.383 e. The van der Waals surface area contributed by atoms with E-state index in [4.69, 9.17) is 10.00 Å². The van der Waals surface area contributed by atoms with Gasteiger partial charge in [-0.1, -0.05) is 6.92 Å². The number of carbonyl (C=O) groups is 1. The molecule has 0 saturated carbocycles. The monoisotopic (exact) mass is 198 g/mol. The summed E-state index contributed by atoms with van der Waals surface area (Å²) in [5.74, 6) is -0.654. The minimum absolute atomic E-state index is 0.00917. The molecule has 0 N–H and O–H groups in total. The summed E-state index contributed by atoms with van der Waals surface area (Å²) in [5, 5.41) is 8.73. The zero-order valence-electron chi connectivity index (χ0n) is 9.28. The number of hydrogen-bond donors (Lipinski definition) is 0. The lowest BCUT2D eigenvalue weighted by molar-refractivity contribution is -0.135. The van der Waals surface area contributed by atoms with Crippen LogP contribution < -0.4 is 0 Å². The lowest BCUT2D eigenvalue weighted by Crippen LogP contribution is -2.40. The van der Waals surface area contributed by atoms with Gasteiger partial charge in [-0.25, -0.2) is 0 Å². The predicted molar refractivity (Wildman–Crippen MR) is 53.5 cm³/mol. The van der Waals surface area contributed by atoms with Gasteiger partial charge < -0.3 is 9.64 Å². The molecule has 0 aromatic heterocycles. The second kappa shape index (κ2) is 6.39. The van der Waals surface area contributed by atoms with Crippen molar-refractivity contribution in [1.82, 2.24) is 4.90 Å². The summed E-state index contributed by atoms with van der Waals surface area (Å²) in [5.41, 5.74) is 0. The Labute approximate surface area is 85.5 Å². The van der Waals surface area contributed by atoms with Gasteiger partial charge in [-0.2, -0.15) is 5.26 Å². The number of amides is 1. The molecule has 0 aliphatic heterocycles. The smallest absolute Gasteiger partial charge is 0.239 e. The number of methoxy groups -OCH3 is 1. The Morgan fingerprint density at radius 1 is 1.64 bits per heavy atom. The molecular weight excluding hydrogens is 180 g/mol. The van der Waals surface area contributed by atoms with E-state index in [1.165, 1.54) is 0 Å². The lowest BCUT2D eigenvalue weighted by Gasteiger charge is -2.25. The van der Waals surface area contributed by atoms with E-state index in [9.17, 15) is 4.79 Å². The third-order valence-corrected chi connectivity index (χ3v) is 2.28. The maximum atomic E-state index is 11.7. The summed E-state index contributed by atoms with van der Waals surface area (Å²) in [4.78, 5) is 13.2. The Balaban J connectivity index is 4.31. The Bertz CT molecular complexity index is 223. The topological polar surface area (TPSA) is 53.3 Å². The molecule has 2 unspecified atom stereocenters. The highest BCUT2D eigenvalue weighted by molar-refractivity contribution is 5.81. The number of rotatable bonds is 5. The van der Waals surface area contributed by atoms with Gasteiger partial charge in [0.25, 0.3) is 0 Å². The van der Waals surface area contributed by atoms with Gasteiger partial charge in [0.15, 0.2) is 0 Å². The minimum Gasteiger partial charge on any atom is -0.383 e. The van der Waals surface area contributed by atoms with Gasteiger partial charge in [0.1, 0.15) is 5.92 Å². The molecule has 0 aliphatic rings. The van der Waals surface area contributed by atoms with Crippen molar-refractivity contribution >= 4 is 5.91 Å². The Morgan fingerprint density at radius 3 is 2.57 bits per heavy atom. The number of likely N-dealkylation sites (N-methyl/N-ethyl adjacent to an activating group) is 1. The van der Waals surface area contributed by atoms with Crippen LogP contribution in [0.15, 0.2) is 0 Å². The van der Waals surface area contributed by atoms with Crippen molar-refractivity contribution < 1.29 is 9.53 Å². The molecule has 80 valence electrons. The van der Waals surface area contributed by atoms with Crippen molar-refractivity contribution in [2.24, 2.45) is 5.92 Å². The zero-order chi connectivity index (χ0) is 11.1. The molecule has 4 heteroatoms. The molecule has 0 aromatic carbocycles. The van der Waals surface area contributed by atoms with Crippen LogP contribution in [0.25, 0.3) is 0 Å². The zero-order valence-corrected chi connectivity index (χ0v) is 9.28. The van der Waals surface area contributed by atoms with E-state index >= 15 is 0 Å². The van der Waals surface area contributed by atoms with Gasteiger partial charge in [-0.05, 0) is 13.3 Å². The second-order valence-electron chi connectivity index (χ2n) is 3.34. The van der Waals surface area contributed by atoms with Gasteiger partial charge in [0.05, 0.1) is 18.7 Å². The van der Waals surface area contributed by atoms with E-state index in [1.807, 2.05) is 19.9 Å². The molecule has 0 rings (SSSR count). The molecule has 14 heavy (non-hydrogen) atoms. The first-order valence-corrected chi connectivity index (χ1v) is 4.73. The Morgan fingerprint density at radius 2 is 2.21 bits per heavy atom. The van der Waals surface area contributed by atoms with E-state index in [2.05, 4.69) is 0 Å². The lowest BCUT2D eigenvalue weighted by atomic mass is 10.1. The maximum absolute atomic E-state index is 11.7. The normalized spacial score (nSPS) is 14.2. The average Bonchev–Trinajstić information content (AvgIpc) is 2.18. The molecule has 0 radical (unpaired) electrons. The van der Waals surface area contributed by atoms with Crippen molar-refractivity contribution in [1.29, 1.82) is 5.26 Å². The summed E-state index contributed by atoms with van der Waals surface area (Å²) < 4.78 is 4.95. The van der Waals surface area contributed by atoms with Crippen LogP contribution >= 0.6 is 0 Å². The number of nitrogens with zero attached hydrogens (tertiary/aromatic N) is 2. The maximum Gasteiger partial charge on any atom is 0.239 e. The first-order valence-electron chi connectivity index (χ1n) is 4.73. The third-order valence-electron chi connectivity index (χ3n) is 2.28. The van der Waals surface area contributed by atoms with Crippen LogP contribution in [-0.2, 0) is 9.53 Å². The van der Waals surface area contributed by atoms with Crippen LogP contribution in [-0.4, -0.2) is 37.6 Å². The number of nitriles is 1. The van der Waals surface area contributed by atoms with Crippen LogP contribution in [0.2, 0.25) is 0 Å². The Hall–Kier alpha value is -1.08. The fraction of sp³-hybridized carbons (Fsp3) is 0.800. The summed E-state index contributed by atoms with van der Waals surface area (Å²) in [6.45, 7) is 4.22. The molecule has 0 aliphatic carbocycles. The molecule has 4 nitrogen and oxygen atoms in total. The van der Waals surface area contributed by atoms with E-state index in [0.29, 0.717) is 13.0 Å². The van der Waals surface area contributed by atoms with Crippen LogP contribution in [0, 0.1) is 17.2 Å². The first-order chi connectivity index (χ1) is 6.58. The molecule has 0 bridgehead atoms. The molecule has 0 heterocycles. The molecule has 0 fully saturated rings. The summed E-state index contributed by atoms with van der Waals surface area (Å²) in [6.07, 6.45) is 0.555. The van der Waals surface area contributed by atoms with Gasteiger partial charge in [-0.15, -0.1) is 0 Å². The van der Waals surface area contributed by atoms with E-state index in [0.717, 1.165) is 0 Å². The summed E-state index contributed by atoms with van der Waals surface area (Å²) >= 11 is 0. The standard InChI is InChI=1S/C10H18N2O2/c1-5-9(6-11)10(13)12(3)8(2)7-14-4/h8-9H,5,7H2,1-4H3. The van der Waals surface area contributed by atoms with Crippen LogP contribution in [0.5, 0.6) is 0 Å². The van der Waals surface area contributed by atoms with Gasteiger partial charge in [0.2, 0.25) is 5.91 Å². The summed E-state index contributed by atoms with van der Waals surface area (Å²) in [7, 11) is 3.29. The van der Waals surface area contributed by atoms with E-state index in [1.54, 1.807) is 19.1 Å². The number of hydrogen-bond acceptors (Lipinski definition) is 3. The van der Waals surface area contributed by atoms with Crippen molar-refractivity contribution in [2.45, 2.75) is 26.3 Å². The molecule has 0 saturated heterocycles. The van der Waals surface area contributed by atoms with Crippen molar-refractivity contribution in [3.63, 3.8) is 0 Å². The fourth-order valence-electron chi connectivity index (χ4n) is 1.14. The van der Waals surface area contributed by atoms with Crippen molar-refractivity contribution in [3.8, 4) is 6.07 Å². The highest BCUT2D eigenvalue weighted by Gasteiger charge is 2.23. The fourth-order valence-corrected chi connectivity index (χ4v) is 1.14. The highest BCUT2D eigenvalue weighted by Crippen LogP contribution is 2.08. The van der Waals surface area contributed by atoms with Crippen LogP contribution in [0.1, 0.15) is 20.3 Å². The SMILES string of the molecule is CCC(C#N)C(=O)N(C)C(C)COC. The molecular formula is C10H18N2O2. The summed E-state index contributed by atoms with van der Waals surface area (Å²) in [6, 6.07) is 2.01. The number of carbonyl (C=O) groups excluding carboxylic acids is 1. The van der Waals surface area contributed by atoms with Gasteiger partial charge >= 0.3 is 0 Å². The molecule has 0 aromatic rings. The first kappa shape index (κ1) is 12.9. The van der Waals surface area contributed by atoms with E-state index in [-0.39, 0.29) is 11.9 Å². The highest BCUT2D eigenvalue weighted by atomic mass is 16.5. The average molecular weight is 198 g/mol. The van der Waals surface area contributed by atoms with E-state index < -0.39 is 5.92 Å². The van der Waals surface area contributed by atoms with Gasteiger partial charge in [-0.3, -0.25) is 4.79 Å². The minimum atomic E-state index is -0.528. The van der Waals surface area contributed by atoms with Crippen LogP contribution in [0.3, 0.4) is 0 Å². The Kier molecular flexibility index (Phi) is 5.89. The second-order valence-corrected chi connectivity index (χ2v) is 3.34. The molecule has 2 atom stereocenters. The van der Waals surface area contributed by atoms with Gasteiger partial charge in [0, 0.05) is 14.2 Å².